The summed E-state index contributed by atoms with van der Waals surface area (Å²) in [7, 11) is -3.82. The van der Waals surface area contributed by atoms with E-state index in [4.69, 9.17) is 0 Å². The van der Waals surface area contributed by atoms with Crippen LogP contribution in [0.5, 0.6) is 0 Å². The van der Waals surface area contributed by atoms with Crippen molar-refractivity contribution in [2.45, 2.75) is 41.1 Å². The van der Waals surface area contributed by atoms with Crippen molar-refractivity contribution >= 4 is 39.5 Å². The Bertz CT molecular complexity index is 1150. The number of carboxylic acids is 1. The number of urea groups is 1. The fourth-order valence-electron chi connectivity index (χ4n) is 3.56. The van der Waals surface area contributed by atoms with Gasteiger partial charge in [-0.25, -0.2) is 18.0 Å². The number of amides is 3. The zero-order valence-electron chi connectivity index (χ0n) is 19.1. The van der Waals surface area contributed by atoms with Crippen molar-refractivity contribution in [3.8, 4) is 0 Å². The predicted molar refractivity (Wildman–Crippen MR) is 132 cm³/mol. The number of carboxylic acid groups (broad SMARTS) is 1. The van der Waals surface area contributed by atoms with Gasteiger partial charge in [-0.3, -0.25) is 10.1 Å². The molecule has 3 amide bonds. The van der Waals surface area contributed by atoms with Crippen LogP contribution in [0, 0.1) is 0 Å². The molecule has 35 heavy (non-hydrogen) atoms. The van der Waals surface area contributed by atoms with E-state index in [0.29, 0.717) is 0 Å². The molecule has 1 aliphatic heterocycles. The number of benzene rings is 2. The topological polar surface area (TPSA) is 154 Å². The summed E-state index contributed by atoms with van der Waals surface area (Å²) >= 11 is 1.10. The molecule has 2 aromatic carbocycles. The van der Waals surface area contributed by atoms with Gasteiger partial charge in [0.2, 0.25) is 15.7 Å². The largest absolute Gasteiger partial charge is 0.480 e. The first-order chi connectivity index (χ1) is 16.7. The number of nitrogens with one attached hydrogen (secondary N) is 4. The highest BCUT2D eigenvalue weighted by Gasteiger charge is 2.51. The number of sulfone groups is 1. The van der Waals surface area contributed by atoms with Crippen LogP contribution in [0.15, 0.2) is 65.6 Å². The molecule has 10 nitrogen and oxygen atoms in total. The van der Waals surface area contributed by atoms with E-state index >= 15 is 0 Å². The molecular weight excluding hydrogens is 492 g/mol. The molecule has 12 heteroatoms. The Kier molecular flexibility index (Phi) is 8.76. The minimum Gasteiger partial charge on any atom is -0.480 e. The van der Waals surface area contributed by atoms with E-state index in [2.05, 4.69) is 21.3 Å². The van der Waals surface area contributed by atoms with Crippen LogP contribution in [0.4, 0.5) is 4.79 Å². The molecule has 0 spiro atoms. The van der Waals surface area contributed by atoms with Gasteiger partial charge in [0, 0.05) is 12.3 Å². The van der Waals surface area contributed by atoms with Gasteiger partial charge in [0.15, 0.2) is 4.20 Å². The van der Waals surface area contributed by atoms with Gasteiger partial charge >= 0.3 is 12.0 Å². The van der Waals surface area contributed by atoms with Crippen molar-refractivity contribution < 1.29 is 27.9 Å². The molecule has 1 saturated heterocycles. The Morgan fingerprint density at radius 2 is 1.71 bits per heavy atom. The minimum atomic E-state index is -3.82. The SMILES string of the molecule is CCC1(S(=O)(=O)c2ccccc2)NC(C(=O)NC(CNC(=O)NCc2ccccc2)C(=O)O)CS1. The minimum absolute atomic E-state index is 0.136. The van der Waals surface area contributed by atoms with Gasteiger partial charge in [0.05, 0.1) is 17.5 Å². The first-order valence-electron chi connectivity index (χ1n) is 11.0. The summed E-state index contributed by atoms with van der Waals surface area (Å²) in [5, 5.41) is 19.9. The lowest BCUT2D eigenvalue weighted by atomic mass is 10.2. The highest BCUT2D eigenvalue weighted by atomic mass is 32.3. The van der Waals surface area contributed by atoms with E-state index in [0.717, 1.165) is 17.3 Å². The van der Waals surface area contributed by atoms with E-state index in [9.17, 15) is 27.9 Å². The molecule has 1 aliphatic rings. The van der Waals surface area contributed by atoms with Gasteiger partial charge in [0.1, 0.15) is 6.04 Å². The summed E-state index contributed by atoms with van der Waals surface area (Å²) in [6.07, 6.45) is 0.199. The molecule has 3 atom stereocenters. The summed E-state index contributed by atoms with van der Waals surface area (Å²) in [6.45, 7) is 1.62. The molecule has 0 aromatic heterocycles. The first kappa shape index (κ1) is 26.5. The molecular formula is C23H28N4O6S2. The molecule has 1 fully saturated rings. The number of hydrogen-bond donors (Lipinski definition) is 5. The third-order valence-electron chi connectivity index (χ3n) is 5.52. The van der Waals surface area contributed by atoms with Crippen LogP contribution < -0.4 is 21.3 Å². The molecule has 2 aromatic rings. The Balaban J connectivity index is 1.58. The predicted octanol–water partition coefficient (Wildman–Crippen LogP) is 1.30. The van der Waals surface area contributed by atoms with Crippen molar-refractivity contribution in [1.29, 1.82) is 0 Å². The van der Waals surface area contributed by atoms with Crippen LogP contribution in [0.1, 0.15) is 18.9 Å². The average molecular weight is 521 g/mol. The Morgan fingerprint density at radius 1 is 1.09 bits per heavy atom. The maximum absolute atomic E-state index is 13.3. The van der Waals surface area contributed by atoms with E-state index in [-0.39, 0.29) is 30.2 Å². The van der Waals surface area contributed by atoms with Crippen LogP contribution in [-0.2, 0) is 26.0 Å². The zero-order valence-corrected chi connectivity index (χ0v) is 20.7. The lowest BCUT2D eigenvalue weighted by Crippen LogP contribution is -2.57. The first-order valence-corrected chi connectivity index (χ1v) is 13.5. The molecule has 3 unspecified atom stereocenters. The molecule has 0 saturated carbocycles. The maximum atomic E-state index is 13.3. The summed E-state index contributed by atoms with van der Waals surface area (Å²) < 4.78 is 25.1. The lowest BCUT2D eigenvalue weighted by Gasteiger charge is -2.28. The molecule has 3 rings (SSSR count). The number of aliphatic carboxylic acids is 1. The zero-order chi connectivity index (χ0) is 25.5. The van der Waals surface area contributed by atoms with Crippen LogP contribution in [-0.4, -0.2) is 60.0 Å². The number of thioether (sulfide) groups is 1. The molecule has 0 bridgehead atoms. The van der Waals surface area contributed by atoms with Crippen molar-refractivity contribution in [3.63, 3.8) is 0 Å². The second kappa shape index (κ2) is 11.6. The number of carbonyl (C=O) groups excluding carboxylic acids is 2. The van der Waals surface area contributed by atoms with Crippen LogP contribution in [0.25, 0.3) is 0 Å². The standard InChI is InChI=1S/C23H28N4O6S2/c1-2-23(35(32,33)17-11-7-4-8-12-17)27-19(15-34-23)20(28)26-18(21(29)30)14-25-22(31)24-13-16-9-5-3-6-10-16/h3-12,18-19,27H,2,13-15H2,1H3,(H,26,28)(H,29,30)(H2,24,25,31). The molecule has 188 valence electrons. The van der Waals surface area contributed by atoms with Gasteiger partial charge in [0.25, 0.3) is 0 Å². The van der Waals surface area contributed by atoms with E-state index in [1.54, 1.807) is 25.1 Å². The summed E-state index contributed by atoms with van der Waals surface area (Å²) in [4.78, 5) is 36.7. The third-order valence-corrected chi connectivity index (χ3v) is 10.1. The van der Waals surface area contributed by atoms with Crippen LogP contribution in [0.2, 0.25) is 0 Å². The van der Waals surface area contributed by atoms with Crippen LogP contribution >= 0.6 is 11.8 Å². The van der Waals surface area contributed by atoms with Gasteiger partial charge < -0.3 is 21.1 Å². The van der Waals surface area contributed by atoms with Crippen LogP contribution in [0.3, 0.4) is 0 Å². The number of carbonyl (C=O) groups is 3. The van der Waals surface area contributed by atoms with Gasteiger partial charge in [-0.15, -0.1) is 11.8 Å². The summed E-state index contributed by atoms with van der Waals surface area (Å²) in [5.41, 5.74) is 0.875. The monoisotopic (exact) mass is 520 g/mol. The van der Waals surface area contributed by atoms with Gasteiger partial charge in [-0.2, -0.15) is 0 Å². The molecule has 1 heterocycles. The fourth-order valence-corrected chi connectivity index (χ4v) is 7.34. The third kappa shape index (κ3) is 6.32. The van der Waals surface area contributed by atoms with Crippen molar-refractivity contribution in [2.24, 2.45) is 0 Å². The highest BCUT2D eigenvalue weighted by molar-refractivity contribution is 8.14. The highest BCUT2D eigenvalue weighted by Crippen LogP contribution is 2.41. The lowest BCUT2D eigenvalue weighted by molar-refractivity contribution is -0.141. The van der Waals surface area contributed by atoms with Crippen molar-refractivity contribution in [2.75, 3.05) is 12.3 Å². The smallest absolute Gasteiger partial charge is 0.328 e. The van der Waals surface area contributed by atoms with Crippen molar-refractivity contribution in [1.82, 2.24) is 21.3 Å². The Hall–Kier alpha value is -3.09. The number of rotatable bonds is 10. The average Bonchev–Trinajstić information content (AvgIpc) is 3.33. The van der Waals surface area contributed by atoms with Crippen molar-refractivity contribution in [3.05, 3.63) is 66.2 Å². The molecule has 0 radical (unpaired) electrons. The van der Waals surface area contributed by atoms with Gasteiger partial charge in [-0.1, -0.05) is 55.5 Å². The Morgan fingerprint density at radius 3 is 2.31 bits per heavy atom. The maximum Gasteiger partial charge on any atom is 0.328 e. The second-order valence-electron chi connectivity index (χ2n) is 7.88. The van der Waals surface area contributed by atoms with E-state index in [1.165, 1.54) is 12.1 Å². The molecule has 0 aliphatic carbocycles. The fraction of sp³-hybridized carbons (Fsp3) is 0.348. The normalized spacial score (nSPS) is 20.5. The second-order valence-corrected chi connectivity index (χ2v) is 11.6. The van der Waals surface area contributed by atoms with E-state index < -0.39 is 44.0 Å². The number of hydrogen-bond acceptors (Lipinski definition) is 7. The quantitative estimate of drug-likeness (QED) is 0.314. The summed E-state index contributed by atoms with van der Waals surface area (Å²) in [6, 6.07) is 14.2. The van der Waals surface area contributed by atoms with Gasteiger partial charge in [-0.05, 0) is 24.1 Å². The van der Waals surface area contributed by atoms with E-state index in [1.807, 2.05) is 30.3 Å². The molecule has 5 N–H and O–H groups in total. The summed E-state index contributed by atoms with van der Waals surface area (Å²) in [5.74, 6) is -1.84. The Labute approximate surface area is 208 Å².